The van der Waals surface area contributed by atoms with Crippen molar-refractivity contribution in [3.8, 4) is 0 Å². The minimum Gasteiger partial charge on any atom is -0.481 e. The SMILES string of the molecule is CC1(C(=O)O)CC(C(=O)O)(C(F)F)C=CC1Cl. The molecular weight excluding hydrogens is 258 g/mol. The lowest BCUT2D eigenvalue weighted by atomic mass is 9.66. The van der Waals surface area contributed by atoms with Crippen LogP contribution in [0.1, 0.15) is 13.3 Å². The van der Waals surface area contributed by atoms with E-state index in [0.29, 0.717) is 0 Å². The molecule has 2 N–H and O–H groups in total. The van der Waals surface area contributed by atoms with Gasteiger partial charge in [-0.2, -0.15) is 0 Å². The Morgan fingerprint density at radius 3 is 2.29 bits per heavy atom. The molecule has 7 heteroatoms. The third-order valence-electron chi connectivity index (χ3n) is 3.11. The second-order valence-corrected chi connectivity index (χ2v) is 4.78. The lowest BCUT2D eigenvalue weighted by Gasteiger charge is -2.39. The highest BCUT2D eigenvalue weighted by Gasteiger charge is 2.57. The number of carboxylic acids is 2. The number of allylic oxidation sites excluding steroid dienone is 1. The topological polar surface area (TPSA) is 74.6 Å². The van der Waals surface area contributed by atoms with Gasteiger partial charge in [-0.15, -0.1) is 11.6 Å². The van der Waals surface area contributed by atoms with E-state index in [0.717, 1.165) is 19.1 Å². The molecule has 0 saturated heterocycles. The highest BCUT2D eigenvalue weighted by Crippen LogP contribution is 2.48. The summed E-state index contributed by atoms with van der Waals surface area (Å²) in [4.78, 5) is 22.0. The molecule has 0 spiro atoms. The lowest BCUT2D eigenvalue weighted by Crippen LogP contribution is -2.49. The van der Waals surface area contributed by atoms with E-state index in [4.69, 9.17) is 21.8 Å². The number of hydrogen-bond donors (Lipinski definition) is 2. The molecule has 1 aliphatic carbocycles. The van der Waals surface area contributed by atoms with Gasteiger partial charge in [0.1, 0.15) is 5.41 Å². The molecule has 0 heterocycles. The molecule has 3 unspecified atom stereocenters. The van der Waals surface area contributed by atoms with Crippen molar-refractivity contribution in [2.45, 2.75) is 25.1 Å². The molecule has 0 aliphatic heterocycles. The minimum absolute atomic E-state index is 0.743. The molecule has 0 fully saturated rings. The number of carboxylic acid groups (broad SMARTS) is 2. The van der Waals surface area contributed by atoms with Gasteiger partial charge < -0.3 is 10.2 Å². The Labute approximate surface area is 101 Å². The van der Waals surface area contributed by atoms with Crippen LogP contribution in [0.25, 0.3) is 0 Å². The van der Waals surface area contributed by atoms with Gasteiger partial charge in [0.2, 0.25) is 0 Å². The van der Waals surface area contributed by atoms with E-state index in [1.54, 1.807) is 0 Å². The number of carbonyl (C=O) groups is 2. The second kappa shape index (κ2) is 4.25. The van der Waals surface area contributed by atoms with Crippen LogP contribution >= 0.6 is 11.6 Å². The Kier molecular flexibility index (Phi) is 3.47. The fraction of sp³-hybridized carbons (Fsp3) is 0.600. The fourth-order valence-electron chi connectivity index (χ4n) is 1.82. The van der Waals surface area contributed by atoms with Crippen molar-refractivity contribution in [3.63, 3.8) is 0 Å². The summed E-state index contributed by atoms with van der Waals surface area (Å²) in [7, 11) is 0. The van der Waals surface area contributed by atoms with Crippen molar-refractivity contribution in [2.75, 3.05) is 0 Å². The second-order valence-electron chi connectivity index (χ2n) is 4.31. The van der Waals surface area contributed by atoms with Crippen LogP contribution in [0, 0.1) is 10.8 Å². The van der Waals surface area contributed by atoms with Gasteiger partial charge in [0.15, 0.2) is 0 Å². The predicted octanol–water partition coefficient (Wildman–Crippen LogP) is 1.98. The van der Waals surface area contributed by atoms with E-state index >= 15 is 0 Å². The molecule has 0 bridgehead atoms. The summed E-state index contributed by atoms with van der Waals surface area (Å²) in [6, 6.07) is 0. The van der Waals surface area contributed by atoms with Crippen LogP contribution in [0.15, 0.2) is 12.2 Å². The van der Waals surface area contributed by atoms with Crippen LogP contribution < -0.4 is 0 Å². The molecule has 17 heavy (non-hydrogen) atoms. The van der Waals surface area contributed by atoms with Crippen molar-refractivity contribution in [2.24, 2.45) is 10.8 Å². The van der Waals surface area contributed by atoms with Crippen molar-refractivity contribution in [1.29, 1.82) is 0 Å². The largest absolute Gasteiger partial charge is 0.481 e. The van der Waals surface area contributed by atoms with Gasteiger partial charge >= 0.3 is 11.9 Å². The molecule has 1 aliphatic rings. The Morgan fingerprint density at radius 2 is 1.94 bits per heavy atom. The summed E-state index contributed by atoms with van der Waals surface area (Å²) in [6.45, 7) is 1.16. The highest BCUT2D eigenvalue weighted by atomic mass is 35.5. The van der Waals surface area contributed by atoms with E-state index in [1.165, 1.54) is 0 Å². The summed E-state index contributed by atoms with van der Waals surface area (Å²) in [5.41, 5.74) is -4.22. The maximum Gasteiger partial charge on any atom is 0.319 e. The van der Waals surface area contributed by atoms with Gasteiger partial charge in [0.05, 0.1) is 10.8 Å². The maximum atomic E-state index is 12.9. The third-order valence-corrected chi connectivity index (χ3v) is 3.73. The molecule has 3 atom stereocenters. The van der Waals surface area contributed by atoms with Crippen molar-refractivity contribution in [1.82, 2.24) is 0 Å². The Morgan fingerprint density at radius 1 is 1.41 bits per heavy atom. The van der Waals surface area contributed by atoms with E-state index in [-0.39, 0.29) is 0 Å². The van der Waals surface area contributed by atoms with Crippen LogP contribution in [0.2, 0.25) is 0 Å². The normalized spacial score (nSPS) is 37.1. The van der Waals surface area contributed by atoms with Crippen molar-refractivity contribution in [3.05, 3.63) is 12.2 Å². The Balaban J connectivity index is 3.28. The summed E-state index contributed by atoms with van der Waals surface area (Å²) >= 11 is 5.75. The zero-order valence-electron chi connectivity index (χ0n) is 8.86. The molecule has 0 aromatic heterocycles. The molecular formula is C10H11ClF2O4. The van der Waals surface area contributed by atoms with E-state index in [2.05, 4.69) is 0 Å². The van der Waals surface area contributed by atoms with Crippen LogP contribution in [-0.4, -0.2) is 34.0 Å². The smallest absolute Gasteiger partial charge is 0.319 e. The van der Waals surface area contributed by atoms with Gasteiger partial charge in [-0.05, 0) is 13.3 Å². The van der Waals surface area contributed by atoms with Crippen LogP contribution in [0.4, 0.5) is 8.78 Å². The lowest BCUT2D eigenvalue weighted by molar-refractivity contribution is -0.163. The van der Waals surface area contributed by atoms with Gasteiger partial charge in [-0.3, -0.25) is 9.59 Å². The highest BCUT2D eigenvalue weighted by molar-refractivity contribution is 6.24. The molecule has 0 saturated carbocycles. The summed E-state index contributed by atoms with van der Waals surface area (Å²) in [6.07, 6.45) is -2.13. The molecule has 1 rings (SSSR count). The molecule has 0 radical (unpaired) electrons. The molecule has 4 nitrogen and oxygen atoms in total. The van der Waals surface area contributed by atoms with Crippen molar-refractivity contribution < 1.29 is 28.6 Å². The average molecular weight is 269 g/mol. The molecule has 0 aromatic rings. The van der Waals surface area contributed by atoms with Gasteiger partial charge in [-0.25, -0.2) is 8.78 Å². The average Bonchev–Trinajstić information content (AvgIpc) is 2.21. The predicted molar refractivity (Wildman–Crippen MR) is 55.2 cm³/mol. The van der Waals surface area contributed by atoms with Gasteiger partial charge in [-0.1, -0.05) is 12.2 Å². The summed E-state index contributed by atoms with van der Waals surface area (Å²) in [5.74, 6) is -3.15. The summed E-state index contributed by atoms with van der Waals surface area (Å²) < 4.78 is 25.8. The number of halogens is 3. The zero-order valence-corrected chi connectivity index (χ0v) is 9.62. The van der Waals surface area contributed by atoms with Gasteiger partial charge in [0, 0.05) is 0 Å². The van der Waals surface area contributed by atoms with Crippen LogP contribution in [0.3, 0.4) is 0 Å². The number of aliphatic carboxylic acids is 2. The number of rotatable bonds is 3. The number of hydrogen-bond acceptors (Lipinski definition) is 2. The van der Waals surface area contributed by atoms with E-state index in [1.807, 2.05) is 0 Å². The van der Waals surface area contributed by atoms with E-state index in [9.17, 15) is 18.4 Å². The molecule has 96 valence electrons. The van der Waals surface area contributed by atoms with Gasteiger partial charge in [0.25, 0.3) is 6.43 Å². The third kappa shape index (κ3) is 2.01. The zero-order chi connectivity index (χ0) is 13.4. The maximum absolute atomic E-state index is 12.9. The first-order valence-electron chi connectivity index (χ1n) is 4.75. The Bertz CT molecular complexity index is 385. The van der Waals surface area contributed by atoms with Crippen molar-refractivity contribution >= 4 is 23.5 Å². The first-order valence-corrected chi connectivity index (χ1v) is 5.19. The Hall–Kier alpha value is -1.17. The molecule has 0 aromatic carbocycles. The number of alkyl halides is 3. The quantitative estimate of drug-likeness (QED) is 0.606. The summed E-state index contributed by atoms with van der Waals surface area (Å²) in [5, 5.41) is 16.9. The molecule has 0 amide bonds. The first kappa shape index (κ1) is 13.9. The van der Waals surface area contributed by atoms with E-state index < -0.39 is 41.0 Å². The standard InChI is InChI=1S/C10H11ClF2O4/c1-9(7(14)15)4-10(6(12)13,8(16)17)3-2-5(9)11/h2-3,5-6H,4H2,1H3,(H,14,15)(H,16,17). The first-order chi connectivity index (χ1) is 7.67. The monoisotopic (exact) mass is 268 g/mol. The van der Waals surface area contributed by atoms with Crippen LogP contribution in [0.5, 0.6) is 0 Å². The fourth-order valence-corrected chi connectivity index (χ4v) is 2.06. The van der Waals surface area contributed by atoms with Crippen LogP contribution in [-0.2, 0) is 9.59 Å². The minimum atomic E-state index is -3.20.